The molecule has 2 heteroatoms. The average molecular weight is 199 g/mol. The molecule has 1 heterocycles. The Balaban J connectivity index is 2.22. The van der Waals surface area contributed by atoms with Crippen molar-refractivity contribution in [3.05, 3.63) is 0 Å². The molecular formula is C12H25NO. The summed E-state index contributed by atoms with van der Waals surface area (Å²) in [5, 5.41) is 3.65. The van der Waals surface area contributed by atoms with Gasteiger partial charge in [-0.2, -0.15) is 0 Å². The summed E-state index contributed by atoms with van der Waals surface area (Å²) in [6, 6.07) is 0.702. The van der Waals surface area contributed by atoms with Crippen molar-refractivity contribution in [1.82, 2.24) is 5.32 Å². The maximum Gasteiger partial charge on any atom is 0.0613 e. The van der Waals surface area contributed by atoms with Crippen LogP contribution in [-0.4, -0.2) is 25.3 Å². The van der Waals surface area contributed by atoms with Gasteiger partial charge in [-0.15, -0.1) is 0 Å². The second-order valence-corrected chi connectivity index (χ2v) is 4.29. The third-order valence-corrected chi connectivity index (χ3v) is 3.40. The van der Waals surface area contributed by atoms with Crippen molar-refractivity contribution in [3.8, 4) is 0 Å². The van der Waals surface area contributed by atoms with Crippen LogP contribution in [0.5, 0.6) is 0 Å². The van der Waals surface area contributed by atoms with Gasteiger partial charge in [-0.05, 0) is 31.6 Å². The molecule has 1 fully saturated rings. The van der Waals surface area contributed by atoms with E-state index in [4.69, 9.17) is 4.74 Å². The van der Waals surface area contributed by atoms with E-state index < -0.39 is 0 Å². The predicted molar refractivity (Wildman–Crippen MR) is 60.5 cm³/mol. The molecule has 0 aromatic rings. The lowest BCUT2D eigenvalue weighted by atomic mass is 9.99. The Bertz CT molecular complexity index is 145. The van der Waals surface area contributed by atoms with Gasteiger partial charge in [-0.3, -0.25) is 0 Å². The van der Waals surface area contributed by atoms with Crippen LogP contribution in [0.15, 0.2) is 0 Å². The minimum absolute atomic E-state index is 0.511. The Kier molecular flexibility index (Phi) is 5.49. The predicted octanol–water partition coefficient (Wildman–Crippen LogP) is 2.58. The smallest absolute Gasteiger partial charge is 0.0613 e. The summed E-state index contributed by atoms with van der Waals surface area (Å²) >= 11 is 0. The quantitative estimate of drug-likeness (QED) is 0.710. The maximum absolute atomic E-state index is 5.67. The minimum atomic E-state index is 0.511. The standard InChI is InChI=1S/C12H25NO/c1-4-11(5-2)13-9-10-7-8-14-12(10)6-3/h10-13H,4-9H2,1-3H3. The zero-order valence-corrected chi connectivity index (χ0v) is 9.88. The molecule has 1 N–H and O–H groups in total. The highest BCUT2D eigenvalue weighted by Gasteiger charge is 2.26. The van der Waals surface area contributed by atoms with Gasteiger partial charge in [0.05, 0.1) is 6.10 Å². The zero-order valence-electron chi connectivity index (χ0n) is 9.88. The molecule has 1 aliphatic heterocycles. The molecule has 0 aromatic carbocycles. The Morgan fingerprint density at radius 3 is 2.57 bits per heavy atom. The van der Waals surface area contributed by atoms with Crippen molar-refractivity contribution in [2.45, 2.75) is 58.6 Å². The molecule has 14 heavy (non-hydrogen) atoms. The van der Waals surface area contributed by atoms with E-state index in [0.29, 0.717) is 12.1 Å². The van der Waals surface area contributed by atoms with Crippen molar-refractivity contribution in [1.29, 1.82) is 0 Å². The lowest BCUT2D eigenvalue weighted by molar-refractivity contribution is 0.0865. The van der Waals surface area contributed by atoms with Crippen LogP contribution in [0.2, 0.25) is 0 Å². The van der Waals surface area contributed by atoms with Gasteiger partial charge in [-0.1, -0.05) is 20.8 Å². The Morgan fingerprint density at radius 2 is 2.00 bits per heavy atom. The molecule has 2 unspecified atom stereocenters. The second kappa shape index (κ2) is 6.41. The van der Waals surface area contributed by atoms with Gasteiger partial charge in [0.1, 0.15) is 0 Å². The van der Waals surface area contributed by atoms with Gasteiger partial charge in [0, 0.05) is 19.2 Å². The number of hydrogen-bond acceptors (Lipinski definition) is 2. The average Bonchev–Trinajstić information content (AvgIpc) is 2.67. The minimum Gasteiger partial charge on any atom is -0.378 e. The van der Waals surface area contributed by atoms with Crippen molar-refractivity contribution in [2.24, 2.45) is 5.92 Å². The fraction of sp³-hybridized carbons (Fsp3) is 1.00. The molecule has 0 bridgehead atoms. The van der Waals surface area contributed by atoms with Crippen LogP contribution in [0.3, 0.4) is 0 Å². The first kappa shape index (κ1) is 12.0. The highest BCUT2D eigenvalue weighted by atomic mass is 16.5. The van der Waals surface area contributed by atoms with Crippen LogP contribution in [0.4, 0.5) is 0 Å². The largest absolute Gasteiger partial charge is 0.378 e. The summed E-state index contributed by atoms with van der Waals surface area (Å²) in [5.41, 5.74) is 0. The summed E-state index contributed by atoms with van der Waals surface area (Å²) in [5.74, 6) is 0.751. The summed E-state index contributed by atoms with van der Waals surface area (Å²) in [7, 11) is 0. The highest BCUT2D eigenvalue weighted by Crippen LogP contribution is 2.22. The Morgan fingerprint density at radius 1 is 1.29 bits per heavy atom. The number of rotatable bonds is 6. The topological polar surface area (TPSA) is 21.3 Å². The summed E-state index contributed by atoms with van der Waals surface area (Å²) < 4.78 is 5.67. The van der Waals surface area contributed by atoms with E-state index in [1.54, 1.807) is 0 Å². The summed E-state index contributed by atoms with van der Waals surface area (Å²) in [4.78, 5) is 0. The van der Waals surface area contributed by atoms with E-state index in [9.17, 15) is 0 Å². The lowest BCUT2D eigenvalue weighted by Crippen LogP contribution is -2.35. The summed E-state index contributed by atoms with van der Waals surface area (Å²) in [6.07, 6.45) is 5.39. The van der Waals surface area contributed by atoms with E-state index in [0.717, 1.165) is 25.5 Å². The molecular weight excluding hydrogens is 174 g/mol. The molecule has 2 nitrogen and oxygen atoms in total. The van der Waals surface area contributed by atoms with Crippen LogP contribution in [-0.2, 0) is 4.74 Å². The first-order valence-electron chi connectivity index (χ1n) is 6.16. The van der Waals surface area contributed by atoms with E-state index in [2.05, 4.69) is 26.1 Å². The van der Waals surface area contributed by atoms with E-state index in [-0.39, 0.29) is 0 Å². The van der Waals surface area contributed by atoms with E-state index >= 15 is 0 Å². The number of hydrogen-bond donors (Lipinski definition) is 1. The molecule has 0 aromatic heterocycles. The van der Waals surface area contributed by atoms with Crippen LogP contribution in [0.1, 0.15) is 46.5 Å². The van der Waals surface area contributed by atoms with Crippen LogP contribution < -0.4 is 5.32 Å². The van der Waals surface area contributed by atoms with Gasteiger partial charge in [0.2, 0.25) is 0 Å². The normalized spacial score (nSPS) is 27.4. The molecule has 1 rings (SSSR count). The molecule has 0 radical (unpaired) electrons. The molecule has 0 aliphatic carbocycles. The van der Waals surface area contributed by atoms with Gasteiger partial charge in [-0.25, -0.2) is 0 Å². The van der Waals surface area contributed by atoms with Crippen molar-refractivity contribution in [2.75, 3.05) is 13.2 Å². The van der Waals surface area contributed by atoms with Crippen molar-refractivity contribution < 1.29 is 4.74 Å². The van der Waals surface area contributed by atoms with Crippen molar-refractivity contribution >= 4 is 0 Å². The lowest BCUT2D eigenvalue weighted by Gasteiger charge is -2.21. The SMILES string of the molecule is CCC(CC)NCC1CCOC1CC. The first-order chi connectivity index (χ1) is 6.81. The van der Waals surface area contributed by atoms with Gasteiger partial charge in [0.25, 0.3) is 0 Å². The Hall–Kier alpha value is -0.0800. The molecule has 2 atom stereocenters. The molecule has 1 saturated heterocycles. The number of nitrogens with one attached hydrogen (secondary N) is 1. The monoisotopic (exact) mass is 199 g/mol. The van der Waals surface area contributed by atoms with Gasteiger partial charge < -0.3 is 10.1 Å². The van der Waals surface area contributed by atoms with Gasteiger partial charge in [0.15, 0.2) is 0 Å². The van der Waals surface area contributed by atoms with E-state index in [1.165, 1.54) is 19.3 Å². The first-order valence-corrected chi connectivity index (χ1v) is 6.16. The highest BCUT2D eigenvalue weighted by molar-refractivity contribution is 4.78. The Labute approximate surface area is 88.4 Å². The number of ether oxygens (including phenoxy) is 1. The zero-order chi connectivity index (χ0) is 10.4. The third kappa shape index (κ3) is 3.25. The molecule has 1 aliphatic rings. The molecule has 84 valence electrons. The molecule has 0 saturated carbocycles. The van der Waals surface area contributed by atoms with E-state index in [1.807, 2.05) is 0 Å². The fourth-order valence-corrected chi connectivity index (χ4v) is 2.27. The van der Waals surface area contributed by atoms with Crippen LogP contribution >= 0.6 is 0 Å². The fourth-order valence-electron chi connectivity index (χ4n) is 2.27. The van der Waals surface area contributed by atoms with Crippen LogP contribution in [0.25, 0.3) is 0 Å². The van der Waals surface area contributed by atoms with Gasteiger partial charge >= 0.3 is 0 Å². The van der Waals surface area contributed by atoms with Crippen molar-refractivity contribution in [3.63, 3.8) is 0 Å². The summed E-state index contributed by atoms with van der Waals surface area (Å²) in [6.45, 7) is 8.84. The molecule has 0 amide bonds. The molecule has 0 spiro atoms. The second-order valence-electron chi connectivity index (χ2n) is 4.29. The van der Waals surface area contributed by atoms with Crippen LogP contribution in [0, 0.1) is 5.92 Å². The third-order valence-electron chi connectivity index (χ3n) is 3.40. The maximum atomic E-state index is 5.67.